The maximum atomic E-state index is 12.4. The number of carbonyl (C=O) groups excluding carboxylic acids is 3. The molecule has 7 heteroatoms. The minimum absolute atomic E-state index is 0.224. The Morgan fingerprint density at radius 3 is 2.50 bits per heavy atom. The van der Waals surface area contributed by atoms with Gasteiger partial charge in [0.05, 0.1) is 25.0 Å². The van der Waals surface area contributed by atoms with E-state index in [1.54, 1.807) is 39.0 Å². The molecule has 0 fully saturated rings. The Hall–Kier alpha value is -3.35. The number of nitrogens with one attached hydrogen (secondary N) is 1. The number of H-pyrrole nitrogens is 1. The highest BCUT2D eigenvalue weighted by molar-refractivity contribution is 6.03. The molecule has 0 aliphatic heterocycles. The van der Waals surface area contributed by atoms with Gasteiger partial charge in [-0.2, -0.15) is 0 Å². The predicted octanol–water partition coefficient (Wildman–Crippen LogP) is 3.26. The van der Waals surface area contributed by atoms with Crippen LogP contribution in [0.4, 0.5) is 0 Å². The molecule has 1 aromatic carbocycles. The van der Waals surface area contributed by atoms with Crippen LogP contribution in [-0.4, -0.2) is 43.0 Å². The molecule has 7 nitrogen and oxygen atoms in total. The standard InChI is InChI=1S/C21H23NO6/c1-5-27-21(25)19-13(2)20(22-14(19)3)16(23)12-28-18(24)11-10-15-8-6-7-9-17(15)26-4/h6-11,22H,5,12H2,1-4H3/b11-10+. The van der Waals surface area contributed by atoms with Crippen molar-refractivity contribution in [3.05, 3.63) is 58.4 Å². The number of hydrogen-bond donors (Lipinski definition) is 1. The third-order valence-electron chi connectivity index (χ3n) is 4.08. The van der Waals surface area contributed by atoms with Gasteiger partial charge in [0.2, 0.25) is 5.78 Å². The summed E-state index contributed by atoms with van der Waals surface area (Å²) in [7, 11) is 1.54. The van der Waals surface area contributed by atoms with Gasteiger partial charge in [-0.25, -0.2) is 9.59 Å². The molecule has 28 heavy (non-hydrogen) atoms. The molecule has 0 unspecified atom stereocenters. The van der Waals surface area contributed by atoms with Crippen molar-refractivity contribution in [3.63, 3.8) is 0 Å². The van der Waals surface area contributed by atoms with Gasteiger partial charge in [0.15, 0.2) is 6.61 Å². The van der Waals surface area contributed by atoms with Gasteiger partial charge in [0, 0.05) is 17.3 Å². The Morgan fingerprint density at radius 1 is 1.11 bits per heavy atom. The summed E-state index contributed by atoms with van der Waals surface area (Å²) in [5.41, 5.74) is 2.26. The monoisotopic (exact) mass is 385 g/mol. The van der Waals surface area contributed by atoms with Gasteiger partial charge in [-0.05, 0) is 38.5 Å². The summed E-state index contributed by atoms with van der Waals surface area (Å²) in [5.74, 6) is -0.975. The Bertz CT molecular complexity index is 910. The van der Waals surface area contributed by atoms with E-state index in [4.69, 9.17) is 14.2 Å². The van der Waals surface area contributed by atoms with Crippen LogP contribution in [0.5, 0.6) is 5.75 Å². The molecule has 0 amide bonds. The molecule has 2 rings (SSSR count). The van der Waals surface area contributed by atoms with Crippen molar-refractivity contribution < 1.29 is 28.6 Å². The molecule has 1 aromatic heterocycles. The summed E-state index contributed by atoms with van der Waals surface area (Å²) >= 11 is 0. The number of esters is 2. The van der Waals surface area contributed by atoms with Gasteiger partial charge < -0.3 is 19.2 Å². The van der Waals surface area contributed by atoms with E-state index < -0.39 is 24.3 Å². The van der Waals surface area contributed by atoms with E-state index in [0.717, 1.165) is 0 Å². The number of aromatic nitrogens is 1. The minimum Gasteiger partial charge on any atom is -0.496 e. The van der Waals surface area contributed by atoms with Crippen LogP contribution >= 0.6 is 0 Å². The van der Waals surface area contributed by atoms with E-state index in [9.17, 15) is 14.4 Å². The van der Waals surface area contributed by atoms with Crippen molar-refractivity contribution in [2.45, 2.75) is 20.8 Å². The third-order valence-corrected chi connectivity index (χ3v) is 4.08. The Kier molecular flexibility index (Phi) is 7.14. The van der Waals surface area contributed by atoms with Crippen LogP contribution in [0.25, 0.3) is 6.08 Å². The van der Waals surface area contributed by atoms with Crippen molar-refractivity contribution in [2.24, 2.45) is 0 Å². The number of para-hydroxylation sites is 1. The smallest absolute Gasteiger partial charge is 0.340 e. The molecule has 148 valence electrons. The number of methoxy groups -OCH3 is 1. The molecule has 0 radical (unpaired) electrons. The predicted molar refractivity (Wildman–Crippen MR) is 104 cm³/mol. The number of hydrogen-bond acceptors (Lipinski definition) is 6. The molecule has 0 saturated heterocycles. The second kappa shape index (κ2) is 9.55. The lowest BCUT2D eigenvalue weighted by Crippen LogP contribution is -2.14. The van der Waals surface area contributed by atoms with E-state index in [1.807, 2.05) is 12.1 Å². The van der Waals surface area contributed by atoms with Crippen molar-refractivity contribution in [1.82, 2.24) is 4.98 Å². The lowest BCUT2D eigenvalue weighted by atomic mass is 10.1. The number of benzene rings is 1. The molecule has 1 heterocycles. The summed E-state index contributed by atoms with van der Waals surface area (Å²) in [6.07, 6.45) is 2.77. The van der Waals surface area contributed by atoms with E-state index >= 15 is 0 Å². The average molecular weight is 385 g/mol. The first kappa shape index (κ1) is 21.0. The molecule has 0 aliphatic carbocycles. The van der Waals surface area contributed by atoms with Crippen molar-refractivity contribution in [2.75, 3.05) is 20.3 Å². The molecule has 2 aromatic rings. The highest BCUT2D eigenvalue weighted by Crippen LogP contribution is 2.20. The van der Waals surface area contributed by atoms with E-state index in [1.165, 1.54) is 13.2 Å². The highest BCUT2D eigenvalue weighted by atomic mass is 16.5. The largest absolute Gasteiger partial charge is 0.496 e. The first-order chi connectivity index (χ1) is 13.4. The van der Waals surface area contributed by atoms with Crippen molar-refractivity contribution in [1.29, 1.82) is 0 Å². The minimum atomic E-state index is -0.661. The van der Waals surface area contributed by atoms with Crippen molar-refractivity contribution >= 4 is 23.8 Å². The highest BCUT2D eigenvalue weighted by Gasteiger charge is 2.23. The number of ether oxygens (including phenoxy) is 3. The second-order valence-electron chi connectivity index (χ2n) is 5.95. The Balaban J connectivity index is 2.02. The lowest BCUT2D eigenvalue weighted by Gasteiger charge is -2.04. The summed E-state index contributed by atoms with van der Waals surface area (Å²) in [4.78, 5) is 39.2. The summed E-state index contributed by atoms with van der Waals surface area (Å²) < 4.78 is 15.2. The maximum absolute atomic E-state index is 12.4. The average Bonchev–Trinajstić information content (AvgIpc) is 2.99. The van der Waals surface area contributed by atoms with Gasteiger partial charge in [-0.3, -0.25) is 4.79 Å². The van der Waals surface area contributed by atoms with Gasteiger partial charge in [0.1, 0.15) is 5.75 Å². The summed E-state index contributed by atoms with van der Waals surface area (Å²) in [5, 5.41) is 0. The molecule has 0 aliphatic rings. The zero-order chi connectivity index (χ0) is 20.7. The lowest BCUT2D eigenvalue weighted by molar-refractivity contribution is -0.136. The maximum Gasteiger partial charge on any atom is 0.340 e. The summed E-state index contributed by atoms with van der Waals surface area (Å²) in [6, 6.07) is 7.19. The molecular formula is C21H23NO6. The quantitative estimate of drug-likeness (QED) is 0.426. The van der Waals surface area contributed by atoms with Crippen LogP contribution in [0.15, 0.2) is 30.3 Å². The first-order valence-corrected chi connectivity index (χ1v) is 8.76. The molecule has 1 N–H and O–H groups in total. The topological polar surface area (TPSA) is 94.7 Å². The van der Waals surface area contributed by atoms with Crippen LogP contribution < -0.4 is 4.74 Å². The summed E-state index contributed by atoms with van der Waals surface area (Å²) in [6.45, 7) is 4.82. The first-order valence-electron chi connectivity index (χ1n) is 8.76. The molecule has 0 spiro atoms. The number of Topliss-reactive ketones (excluding diaryl/α,β-unsaturated/α-hetero) is 1. The fraction of sp³-hybridized carbons (Fsp3) is 0.286. The van der Waals surface area contributed by atoms with Crippen LogP contribution in [0.2, 0.25) is 0 Å². The molecule has 0 bridgehead atoms. The van der Waals surface area contributed by atoms with E-state index in [0.29, 0.717) is 28.1 Å². The van der Waals surface area contributed by atoms with E-state index in [2.05, 4.69) is 4.98 Å². The zero-order valence-corrected chi connectivity index (χ0v) is 16.3. The number of rotatable bonds is 8. The third kappa shape index (κ3) is 4.88. The second-order valence-corrected chi connectivity index (χ2v) is 5.95. The van der Waals surface area contributed by atoms with Crippen LogP contribution in [0.1, 0.15) is 44.6 Å². The fourth-order valence-corrected chi connectivity index (χ4v) is 2.76. The Labute approximate surface area is 163 Å². The van der Waals surface area contributed by atoms with Crippen LogP contribution in [0, 0.1) is 13.8 Å². The normalized spacial score (nSPS) is 10.7. The zero-order valence-electron chi connectivity index (χ0n) is 16.3. The van der Waals surface area contributed by atoms with Gasteiger partial charge in [0.25, 0.3) is 0 Å². The number of aromatic amines is 1. The van der Waals surface area contributed by atoms with Crippen LogP contribution in [0.3, 0.4) is 0 Å². The fourth-order valence-electron chi connectivity index (χ4n) is 2.76. The molecule has 0 saturated carbocycles. The Morgan fingerprint density at radius 2 is 1.82 bits per heavy atom. The molecular weight excluding hydrogens is 362 g/mol. The van der Waals surface area contributed by atoms with Crippen molar-refractivity contribution in [3.8, 4) is 5.75 Å². The number of aryl methyl sites for hydroxylation is 1. The van der Waals surface area contributed by atoms with Gasteiger partial charge in [-0.15, -0.1) is 0 Å². The molecule has 0 atom stereocenters. The van der Waals surface area contributed by atoms with Gasteiger partial charge >= 0.3 is 11.9 Å². The SMILES string of the molecule is CCOC(=O)c1c(C)[nH]c(C(=O)COC(=O)/C=C/c2ccccc2OC)c1C. The van der Waals surface area contributed by atoms with Crippen LogP contribution in [-0.2, 0) is 14.3 Å². The van der Waals surface area contributed by atoms with E-state index in [-0.39, 0.29) is 12.3 Å². The van der Waals surface area contributed by atoms with Gasteiger partial charge in [-0.1, -0.05) is 18.2 Å². The number of ketones is 1. The number of carbonyl (C=O) groups is 3.